The van der Waals surface area contributed by atoms with Crippen molar-refractivity contribution in [3.63, 3.8) is 0 Å². The third kappa shape index (κ3) is 4.27. The minimum atomic E-state index is -0.206. The first kappa shape index (κ1) is 16.0. The van der Waals surface area contributed by atoms with Crippen LogP contribution in [0, 0.1) is 0 Å². The van der Waals surface area contributed by atoms with Crippen LogP contribution >= 0.6 is 34.8 Å². The van der Waals surface area contributed by atoms with Crippen molar-refractivity contribution in [1.29, 1.82) is 0 Å². The van der Waals surface area contributed by atoms with Crippen molar-refractivity contribution in [1.82, 2.24) is 5.32 Å². The van der Waals surface area contributed by atoms with E-state index >= 15 is 0 Å². The molecule has 1 amide bonds. The summed E-state index contributed by atoms with van der Waals surface area (Å²) in [6.07, 6.45) is 0.616. The monoisotopic (exact) mass is 342 g/mol. The number of hydrogen-bond donors (Lipinski definition) is 2. The van der Waals surface area contributed by atoms with Gasteiger partial charge in [-0.1, -0.05) is 40.9 Å². The topological polar surface area (TPSA) is 55.1 Å². The van der Waals surface area contributed by atoms with Gasteiger partial charge in [0.05, 0.1) is 10.7 Å². The molecule has 0 radical (unpaired) electrons. The summed E-state index contributed by atoms with van der Waals surface area (Å²) in [5.74, 6) is -0.206. The molecular formula is C15H13Cl3N2O. The molecule has 0 fully saturated rings. The van der Waals surface area contributed by atoms with Crippen LogP contribution in [0.1, 0.15) is 15.9 Å². The van der Waals surface area contributed by atoms with Gasteiger partial charge in [0.2, 0.25) is 0 Å². The van der Waals surface area contributed by atoms with E-state index in [-0.39, 0.29) is 5.91 Å². The molecule has 0 saturated carbocycles. The largest absolute Gasteiger partial charge is 0.398 e. The molecule has 3 N–H and O–H groups in total. The first-order valence-electron chi connectivity index (χ1n) is 6.24. The van der Waals surface area contributed by atoms with Crippen LogP contribution in [0.15, 0.2) is 36.4 Å². The second kappa shape index (κ2) is 7.03. The number of carbonyl (C=O) groups excluding carboxylic acids is 1. The first-order chi connectivity index (χ1) is 9.97. The van der Waals surface area contributed by atoms with Crippen molar-refractivity contribution >= 4 is 46.4 Å². The van der Waals surface area contributed by atoms with E-state index in [1.54, 1.807) is 30.3 Å². The molecule has 0 aliphatic rings. The molecule has 21 heavy (non-hydrogen) atoms. The molecule has 2 aromatic rings. The van der Waals surface area contributed by atoms with Crippen LogP contribution in [0.3, 0.4) is 0 Å². The van der Waals surface area contributed by atoms with Gasteiger partial charge in [-0.3, -0.25) is 4.79 Å². The predicted octanol–water partition coefficient (Wildman–Crippen LogP) is 4.20. The lowest BCUT2D eigenvalue weighted by molar-refractivity contribution is 0.0954. The van der Waals surface area contributed by atoms with Gasteiger partial charge in [0, 0.05) is 22.2 Å². The lowest BCUT2D eigenvalue weighted by atomic mass is 10.1. The number of nitrogen functional groups attached to an aromatic ring is 1. The highest BCUT2D eigenvalue weighted by atomic mass is 35.5. The molecule has 0 unspecified atom stereocenters. The number of carbonyl (C=O) groups is 1. The molecule has 0 aliphatic heterocycles. The number of nitrogens with two attached hydrogens (primary N) is 1. The second-order valence-electron chi connectivity index (χ2n) is 4.48. The lowest BCUT2D eigenvalue weighted by Crippen LogP contribution is -2.25. The quantitative estimate of drug-likeness (QED) is 0.817. The van der Waals surface area contributed by atoms with Gasteiger partial charge in [-0.2, -0.15) is 0 Å². The fourth-order valence-electron chi connectivity index (χ4n) is 1.81. The summed E-state index contributed by atoms with van der Waals surface area (Å²) in [4.78, 5) is 12.0. The highest BCUT2D eigenvalue weighted by Gasteiger charge is 2.08. The van der Waals surface area contributed by atoms with Gasteiger partial charge in [-0.05, 0) is 42.3 Å². The molecule has 3 nitrogen and oxygen atoms in total. The Balaban J connectivity index is 1.93. The molecule has 0 aliphatic carbocycles. The third-order valence-electron chi connectivity index (χ3n) is 2.96. The molecule has 2 aromatic carbocycles. The van der Waals surface area contributed by atoms with Crippen LogP contribution in [-0.2, 0) is 6.42 Å². The number of halogens is 3. The number of hydrogen-bond acceptors (Lipinski definition) is 2. The lowest BCUT2D eigenvalue weighted by Gasteiger charge is -2.08. The standard InChI is InChI=1S/C15H13Cl3N2O/c16-11-3-1-9(12(17)8-11)5-6-20-15(21)10-2-4-14(19)13(18)7-10/h1-4,7-8H,5-6,19H2,(H,20,21). The van der Waals surface area contributed by atoms with E-state index < -0.39 is 0 Å². The van der Waals surface area contributed by atoms with Crippen LogP contribution < -0.4 is 11.1 Å². The highest BCUT2D eigenvalue weighted by molar-refractivity contribution is 6.35. The predicted molar refractivity (Wildman–Crippen MR) is 88.4 cm³/mol. The first-order valence-corrected chi connectivity index (χ1v) is 7.38. The number of anilines is 1. The van der Waals surface area contributed by atoms with Gasteiger partial charge in [0.1, 0.15) is 0 Å². The Morgan fingerprint density at radius 2 is 1.81 bits per heavy atom. The van der Waals surface area contributed by atoms with E-state index in [1.165, 1.54) is 0 Å². The number of benzene rings is 2. The maximum Gasteiger partial charge on any atom is 0.251 e. The normalized spacial score (nSPS) is 10.4. The van der Waals surface area contributed by atoms with Crippen LogP contribution in [0.4, 0.5) is 5.69 Å². The molecule has 6 heteroatoms. The molecule has 0 spiro atoms. The van der Waals surface area contributed by atoms with E-state index in [0.717, 1.165) is 5.56 Å². The van der Waals surface area contributed by atoms with Gasteiger partial charge < -0.3 is 11.1 Å². The summed E-state index contributed by atoms with van der Waals surface area (Å²) in [5.41, 5.74) is 7.45. The van der Waals surface area contributed by atoms with Crippen molar-refractivity contribution in [2.24, 2.45) is 0 Å². The van der Waals surface area contributed by atoms with Gasteiger partial charge in [0.15, 0.2) is 0 Å². The van der Waals surface area contributed by atoms with Crippen molar-refractivity contribution in [3.05, 3.63) is 62.6 Å². The maximum atomic E-state index is 12.0. The zero-order valence-corrected chi connectivity index (χ0v) is 13.3. The smallest absolute Gasteiger partial charge is 0.251 e. The molecule has 0 saturated heterocycles. The summed E-state index contributed by atoms with van der Waals surface area (Å²) in [6.45, 7) is 0.460. The number of rotatable bonds is 4. The van der Waals surface area contributed by atoms with Crippen LogP contribution in [-0.4, -0.2) is 12.5 Å². The highest BCUT2D eigenvalue weighted by Crippen LogP contribution is 2.21. The molecular weight excluding hydrogens is 331 g/mol. The number of nitrogens with one attached hydrogen (secondary N) is 1. The minimum Gasteiger partial charge on any atom is -0.398 e. The zero-order chi connectivity index (χ0) is 15.4. The van der Waals surface area contributed by atoms with Gasteiger partial charge in [-0.25, -0.2) is 0 Å². The van der Waals surface area contributed by atoms with Crippen molar-refractivity contribution in [2.75, 3.05) is 12.3 Å². The minimum absolute atomic E-state index is 0.206. The van der Waals surface area contributed by atoms with Gasteiger partial charge >= 0.3 is 0 Å². The third-order valence-corrected chi connectivity index (χ3v) is 3.87. The van der Waals surface area contributed by atoms with E-state index in [4.69, 9.17) is 40.5 Å². The van der Waals surface area contributed by atoms with Crippen LogP contribution in [0.25, 0.3) is 0 Å². The Morgan fingerprint density at radius 1 is 1.05 bits per heavy atom. The summed E-state index contributed by atoms with van der Waals surface area (Å²) < 4.78 is 0. The second-order valence-corrected chi connectivity index (χ2v) is 5.73. The van der Waals surface area contributed by atoms with E-state index in [9.17, 15) is 4.79 Å². The van der Waals surface area contributed by atoms with E-state index in [0.29, 0.717) is 39.3 Å². The Bertz CT molecular complexity index is 674. The fraction of sp³-hybridized carbons (Fsp3) is 0.133. The molecule has 0 heterocycles. The zero-order valence-electron chi connectivity index (χ0n) is 11.0. The van der Waals surface area contributed by atoms with E-state index in [2.05, 4.69) is 5.32 Å². The number of amides is 1. The molecule has 0 aromatic heterocycles. The SMILES string of the molecule is Nc1ccc(C(=O)NCCc2ccc(Cl)cc2Cl)cc1Cl. The van der Waals surface area contributed by atoms with Crippen molar-refractivity contribution in [3.8, 4) is 0 Å². The Hall–Kier alpha value is -1.42. The van der Waals surface area contributed by atoms with Crippen LogP contribution in [0.5, 0.6) is 0 Å². The van der Waals surface area contributed by atoms with Gasteiger partial charge in [-0.15, -0.1) is 0 Å². The average molecular weight is 344 g/mol. The van der Waals surface area contributed by atoms with E-state index in [1.807, 2.05) is 6.07 Å². The molecule has 2 rings (SSSR count). The fourth-order valence-corrected chi connectivity index (χ4v) is 2.49. The summed E-state index contributed by atoms with van der Waals surface area (Å²) >= 11 is 17.8. The Morgan fingerprint density at radius 3 is 2.48 bits per heavy atom. The van der Waals surface area contributed by atoms with Crippen molar-refractivity contribution in [2.45, 2.75) is 6.42 Å². The van der Waals surface area contributed by atoms with Gasteiger partial charge in [0.25, 0.3) is 5.91 Å². The maximum absolute atomic E-state index is 12.0. The molecule has 0 atom stereocenters. The summed E-state index contributed by atoms with van der Waals surface area (Å²) in [5, 5.41) is 4.35. The summed E-state index contributed by atoms with van der Waals surface area (Å²) in [6, 6.07) is 10.1. The Labute approximate surface area is 138 Å². The van der Waals surface area contributed by atoms with Crippen molar-refractivity contribution < 1.29 is 4.79 Å². The summed E-state index contributed by atoms with van der Waals surface area (Å²) in [7, 11) is 0. The average Bonchev–Trinajstić information content (AvgIpc) is 2.44. The van der Waals surface area contributed by atoms with Crippen LogP contribution in [0.2, 0.25) is 15.1 Å². The molecule has 110 valence electrons. The Kier molecular flexibility index (Phi) is 5.34. The molecule has 0 bridgehead atoms.